The van der Waals surface area contributed by atoms with Crippen LogP contribution in [0.2, 0.25) is 0 Å². The fraction of sp³-hybridized carbons (Fsp3) is 0.833. The Morgan fingerprint density at radius 3 is 1.57 bits per heavy atom. The van der Waals surface area contributed by atoms with Crippen molar-refractivity contribution in [3.05, 3.63) is 12.2 Å². The number of esters is 2. The molecule has 0 aliphatic carbocycles. The molecule has 4 nitrogen and oxygen atoms in total. The van der Waals surface area contributed by atoms with Gasteiger partial charge in [0.2, 0.25) is 0 Å². The summed E-state index contributed by atoms with van der Waals surface area (Å²) in [6.45, 7) is 6.44. The number of unbranched alkanes of at least 4 members (excludes halogenated alkanes) is 13. The number of hydrogen-bond acceptors (Lipinski definition) is 4. The fourth-order valence-electron chi connectivity index (χ4n) is 2.97. The van der Waals surface area contributed by atoms with Crippen LogP contribution in [0.15, 0.2) is 12.2 Å². The second kappa shape index (κ2) is 20.4. The minimum Gasteiger partial charge on any atom is -0.463 e. The zero-order valence-corrected chi connectivity index (χ0v) is 18.7. The molecule has 0 aromatic rings. The molecule has 0 rings (SSSR count). The Balaban J connectivity index is 3.34. The maximum atomic E-state index is 11.5. The summed E-state index contributed by atoms with van der Waals surface area (Å²) in [4.78, 5) is 22.9. The molecule has 0 aliphatic heterocycles. The molecule has 0 bridgehead atoms. The highest BCUT2D eigenvalue weighted by atomic mass is 16.5. The highest BCUT2D eigenvalue weighted by molar-refractivity contribution is 5.91. The highest BCUT2D eigenvalue weighted by Crippen LogP contribution is 2.13. The minimum absolute atomic E-state index is 0.135. The van der Waals surface area contributed by atoms with Gasteiger partial charge in [0.15, 0.2) is 0 Å². The predicted molar refractivity (Wildman–Crippen MR) is 116 cm³/mol. The van der Waals surface area contributed by atoms with Crippen molar-refractivity contribution in [1.29, 1.82) is 0 Å². The zero-order chi connectivity index (χ0) is 20.9. The molecule has 4 heteroatoms. The summed E-state index contributed by atoms with van der Waals surface area (Å²) in [6.07, 6.45) is 21.1. The van der Waals surface area contributed by atoms with Gasteiger partial charge in [-0.15, -0.1) is 0 Å². The fourth-order valence-corrected chi connectivity index (χ4v) is 2.97. The monoisotopic (exact) mass is 396 g/mol. The van der Waals surface area contributed by atoms with Gasteiger partial charge in [0.1, 0.15) is 0 Å². The van der Waals surface area contributed by atoms with Crippen LogP contribution >= 0.6 is 0 Å². The minimum atomic E-state index is -0.497. The standard InChI is InChI=1S/C24H44O4/c1-4-6-7-8-9-10-11-12-13-14-15-16-17-18-21-27-23(25)19-20-24(26)28-22(3)5-2/h19-20,22H,4-18,21H2,1-3H3/b20-19+. The van der Waals surface area contributed by atoms with Gasteiger partial charge in [0, 0.05) is 12.2 Å². The van der Waals surface area contributed by atoms with E-state index in [-0.39, 0.29) is 6.10 Å². The van der Waals surface area contributed by atoms with Crippen molar-refractivity contribution >= 4 is 11.9 Å². The first-order chi connectivity index (χ1) is 13.6. The van der Waals surface area contributed by atoms with Gasteiger partial charge in [0.25, 0.3) is 0 Å². The van der Waals surface area contributed by atoms with Crippen LogP contribution in [0.25, 0.3) is 0 Å². The SMILES string of the molecule is CCCCCCCCCCCCCCCCOC(=O)/C=C/C(=O)OC(C)CC. The second-order valence-electron chi connectivity index (χ2n) is 7.75. The van der Waals surface area contributed by atoms with Crippen molar-refractivity contribution in [3.8, 4) is 0 Å². The van der Waals surface area contributed by atoms with Gasteiger partial charge in [-0.2, -0.15) is 0 Å². The predicted octanol–water partition coefficient (Wildman–Crippen LogP) is 6.91. The Hall–Kier alpha value is -1.32. The molecule has 0 aromatic carbocycles. The molecule has 0 spiro atoms. The largest absolute Gasteiger partial charge is 0.463 e. The average molecular weight is 397 g/mol. The lowest BCUT2D eigenvalue weighted by atomic mass is 10.0. The van der Waals surface area contributed by atoms with Crippen molar-refractivity contribution < 1.29 is 19.1 Å². The van der Waals surface area contributed by atoms with Crippen LogP contribution in [-0.4, -0.2) is 24.6 Å². The summed E-state index contributed by atoms with van der Waals surface area (Å²) in [5, 5.41) is 0. The third kappa shape index (κ3) is 19.4. The molecule has 0 amide bonds. The number of carbonyl (C=O) groups is 2. The van der Waals surface area contributed by atoms with E-state index in [2.05, 4.69) is 6.92 Å². The molecule has 0 saturated heterocycles. The maximum Gasteiger partial charge on any atom is 0.331 e. The molecule has 164 valence electrons. The summed E-state index contributed by atoms with van der Waals surface area (Å²) in [7, 11) is 0. The van der Waals surface area contributed by atoms with Crippen LogP contribution in [-0.2, 0) is 19.1 Å². The topological polar surface area (TPSA) is 52.6 Å². The number of hydrogen-bond donors (Lipinski definition) is 0. The molecular weight excluding hydrogens is 352 g/mol. The first-order valence-electron chi connectivity index (χ1n) is 11.7. The van der Waals surface area contributed by atoms with Gasteiger partial charge in [-0.05, 0) is 19.8 Å². The molecule has 28 heavy (non-hydrogen) atoms. The summed E-state index contributed by atoms with van der Waals surface area (Å²) in [6, 6.07) is 0. The lowest BCUT2D eigenvalue weighted by molar-refractivity contribution is -0.143. The van der Waals surface area contributed by atoms with E-state index < -0.39 is 11.9 Å². The number of carbonyl (C=O) groups excluding carboxylic acids is 2. The molecule has 0 heterocycles. The van der Waals surface area contributed by atoms with Gasteiger partial charge in [-0.1, -0.05) is 97.3 Å². The van der Waals surface area contributed by atoms with E-state index in [1.165, 1.54) is 77.0 Å². The third-order valence-electron chi connectivity index (χ3n) is 4.99. The van der Waals surface area contributed by atoms with Crippen LogP contribution in [0, 0.1) is 0 Å². The Morgan fingerprint density at radius 2 is 1.11 bits per heavy atom. The Labute approximate surface area is 173 Å². The molecule has 0 saturated carbocycles. The van der Waals surface area contributed by atoms with Crippen LogP contribution in [0.1, 0.15) is 117 Å². The van der Waals surface area contributed by atoms with Crippen molar-refractivity contribution in [2.75, 3.05) is 6.61 Å². The quantitative estimate of drug-likeness (QED) is 0.135. The van der Waals surface area contributed by atoms with E-state index in [1.54, 1.807) is 0 Å². The summed E-state index contributed by atoms with van der Waals surface area (Å²) in [5.41, 5.74) is 0. The third-order valence-corrected chi connectivity index (χ3v) is 4.99. The van der Waals surface area contributed by atoms with E-state index in [1.807, 2.05) is 13.8 Å². The number of ether oxygens (including phenoxy) is 2. The van der Waals surface area contributed by atoms with E-state index in [0.29, 0.717) is 6.61 Å². The Kier molecular flexibility index (Phi) is 19.5. The first-order valence-corrected chi connectivity index (χ1v) is 11.7. The Morgan fingerprint density at radius 1 is 0.679 bits per heavy atom. The Bertz CT molecular complexity index is 403. The van der Waals surface area contributed by atoms with Gasteiger partial charge >= 0.3 is 11.9 Å². The van der Waals surface area contributed by atoms with Crippen LogP contribution in [0.4, 0.5) is 0 Å². The number of rotatable bonds is 19. The molecule has 0 radical (unpaired) electrons. The van der Waals surface area contributed by atoms with Gasteiger partial charge in [-0.3, -0.25) is 0 Å². The molecule has 0 N–H and O–H groups in total. The normalized spacial score (nSPS) is 12.2. The van der Waals surface area contributed by atoms with Crippen LogP contribution in [0.3, 0.4) is 0 Å². The van der Waals surface area contributed by atoms with Crippen molar-refractivity contribution in [3.63, 3.8) is 0 Å². The van der Waals surface area contributed by atoms with Crippen molar-refractivity contribution in [2.24, 2.45) is 0 Å². The summed E-state index contributed by atoms with van der Waals surface area (Å²) >= 11 is 0. The molecular formula is C24H44O4. The van der Waals surface area contributed by atoms with Crippen molar-refractivity contribution in [1.82, 2.24) is 0 Å². The van der Waals surface area contributed by atoms with E-state index in [0.717, 1.165) is 31.4 Å². The molecule has 1 unspecified atom stereocenters. The maximum absolute atomic E-state index is 11.5. The smallest absolute Gasteiger partial charge is 0.331 e. The van der Waals surface area contributed by atoms with Gasteiger partial charge < -0.3 is 9.47 Å². The average Bonchev–Trinajstić information content (AvgIpc) is 2.69. The zero-order valence-electron chi connectivity index (χ0n) is 18.7. The van der Waals surface area contributed by atoms with Gasteiger partial charge in [-0.25, -0.2) is 9.59 Å². The molecule has 1 atom stereocenters. The molecule has 0 aromatic heterocycles. The summed E-state index contributed by atoms with van der Waals surface area (Å²) < 4.78 is 10.1. The highest BCUT2D eigenvalue weighted by Gasteiger charge is 2.05. The van der Waals surface area contributed by atoms with E-state index in [4.69, 9.17) is 9.47 Å². The molecule has 0 aliphatic rings. The van der Waals surface area contributed by atoms with E-state index in [9.17, 15) is 9.59 Å². The lowest BCUT2D eigenvalue weighted by Crippen LogP contribution is -2.12. The second-order valence-corrected chi connectivity index (χ2v) is 7.75. The van der Waals surface area contributed by atoms with Crippen LogP contribution in [0.5, 0.6) is 0 Å². The lowest BCUT2D eigenvalue weighted by Gasteiger charge is -2.07. The van der Waals surface area contributed by atoms with Gasteiger partial charge in [0.05, 0.1) is 12.7 Å². The first kappa shape index (κ1) is 26.7. The summed E-state index contributed by atoms with van der Waals surface area (Å²) in [5.74, 6) is -0.974. The van der Waals surface area contributed by atoms with Crippen LogP contribution < -0.4 is 0 Å². The molecule has 0 fully saturated rings. The van der Waals surface area contributed by atoms with E-state index >= 15 is 0 Å². The van der Waals surface area contributed by atoms with Crippen molar-refractivity contribution in [2.45, 2.75) is 123 Å².